The van der Waals surface area contributed by atoms with Gasteiger partial charge in [0, 0.05) is 12.1 Å². The zero-order valence-corrected chi connectivity index (χ0v) is 12.0. The first kappa shape index (κ1) is 18.1. The number of benzene rings is 2. The lowest BCUT2D eigenvalue weighted by Crippen LogP contribution is -1.93. The highest BCUT2D eigenvalue weighted by molar-refractivity contribution is 5.20. The van der Waals surface area contributed by atoms with Gasteiger partial charge in [0.25, 0.3) is 0 Å². The molecule has 0 heterocycles. The zero-order valence-electron chi connectivity index (χ0n) is 12.0. The van der Waals surface area contributed by atoms with Gasteiger partial charge in [-0.3, -0.25) is 0 Å². The molecule has 22 heavy (non-hydrogen) atoms. The van der Waals surface area contributed by atoms with E-state index in [1.54, 1.807) is 0 Å². The van der Waals surface area contributed by atoms with Crippen LogP contribution >= 0.6 is 0 Å². The minimum Gasteiger partial charge on any atom is -0.389 e. The average Bonchev–Trinajstić information content (AvgIpc) is 2.37. The fourth-order valence-corrected chi connectivity index (χ4v) is 1.63. The summed E-state index contributed by atoms with van der Waals surface area (Å²) in [6.07, 6.45) is -1.67. The van der Waals surface area contributed by atoms with E-state index in [0.717, 1.165) is 36.4 Å². The molecule has 2 aromatic rings. The zero-order chi connectivity index (χ0) is 16.9. The van der Waals surface area contributed by atoms with Crippen molar-refractivity contribution in [1.29, 1.82) is 0 Å². The Bertz CT molecular complexity index is 532. The molecule has 0 aliphatic carbocycles. The standard InChI is InChI=1S/2C8H8F2O/c2*1-5(11)6-2-7(9)4-8(10)3-6/h2*2-5,11H,1H3/t2*5-/m00/s1. The van der Waals surface area contributed by atoms with E-state index in [9.17, 15) is 17.6 Å². The minimum absolute atomic E-state index is 0.252. The molecule has 120 valence electrons. The van der Waals surface area contributed by atoms with Gasteiger partial charge in [-0.05, 0) is 49.2 Å². The first-order chi connectivity index (χ1) is 10.2. The van der Waals surface area contributed by atoms with Crippen molar-refractivity contribution < 1.29 is 27.8 Å². The molecular formula is C16H16F4O2. The van der Waals surface area contributed by atoms with Crippen LogP contribution in [0, 0.1) is 23.3 Å². The summed E-state index contributed by atoms with van der Waals surface area (Å²) in [5.74, 6) is -2.66. The molecule has 0 aliphatic heterocycles. The third-order valence-electron chi connectivity index (χ3n) is 2.73. The Morgan fingerprint density at radius 2 is 0.818 bits per heavy atom. The van der Waals surface area contributed by atoms with Crippen LogP contribution in [0.3, 0.4) is 0 Å². The molecule has 6 heteroatoms. The first-order valence-corrected chi connectivity index (χ1v) is 6.47. The maximum absolute atomic E-state index is 12.4. The molecule has 0 bridgehead atoms. The summed E-state index contributed by atoms with van der Waals surface area (Å²) in [7, 11) is 0. The summed E-state index contributed by atoms with van der Waals surface area (Å²) in [6, 6.07) is 5.96. The highest BCUT2D eigenvalue weighted by Crippen LogP contribution is 2.15. The molecular weight excluding hydrogens is 300 g/mol. The highest BCUT2D eigenvalue weighted by atomic mass is 19.1. The van der Waals surface area contributed by atoms with E-state index < -0.39 is 35.5 Å². The van der Waals surface area contributed by atoms with Crippen LogP contribution in [0.5, 0.6) is 0 Å². The lowest BCUT2D eigenvalue weighted by Gasteiger charge is -2.03. The van der Waals surface area contributed by atoms with Gasteiger partial charge in [0.1, 0.15) is 23.3 Å². The number of hydrogen-bond donors (Lipinski definition) is 2. The molecule has 0 aliphatic rings. The molecule has 0 saturated heterocycles. The number of hydrogen-bond acceptors (Lipinski definition) is 2. The fourth-order valence-electron chi connectivity index (χ4n) is 1.63. The van der Waals surface area contributed by atoms with Gasteiger partial charge in [0.05, 0.1) is 12.2 Å². The monoisotopic (exact) mass is 316 g/mol. The molecule has 2 nitrogen and oxygen atoms in total. The SMILES string of the molecule is C[C@H](O)c1cc(F)cc(F)c1.C[C@H](O)c1cc(F)cc(F)c1. The largest absolute Gasteiger partial charge is 0.389 e. The van der Waals surface area contributed by atoms with Gasteiger partial charge in [-0.15, -0.1) is 0 Å². The minimum atomic E-state index is -0.833. The van der Waals surface area contributed by atoms with Gasteiger partial charge in [0.15, 0.2) is 0 Å². The Morgan fingerprint density at radius 3 is 1.00 bits per heavy atom. The molecule has 0 saturated carbocycles. The fraction of sp³-hybridized carbons (Fsp3) is 0.250. The van der Waals surface area contributed by atoms with Crippen molar-refractivity contribution >= 4 is 0 Å². The molecule has 0 unspecified atom stereocenters. The molecule has 2 N–H and O–H groups in total. The van der Waals surface area contributed by atoms with Crippen LogP contribution in [0.15, 0.2) is 36.4 Å². The van der Waals surface area contributed by atoms with E-state index >= 15 is 0 Å². The van der Waals surface area contributed by atoms with E-state index in [1.165, 1.54) is 13.8 Å². The van der Waals surface area contributed by atoms with Crippen molar-refractivity contribution in [2.45, 2.75) is 26.1 Å². The van der Waals surface area contributed by atoms with Gasteiger partial charge in [-0.1, -0.05) is 0 Å². The lowest BCUT2D eigenvalue weighted by molar-refractivity contribution is 0.198. The maximum Gasteiger partial charge on any atom is 0.126 e. The Kier molecular flexibility index (Phi) is 6.52. The quantitative estimate of drug-likeness (QED) is 0.821. The number of aliphatic hydroxyl groups excluding tert-OH is 2. The van der Waals surface area contributed by atoms with Gasteiger partial charge in [-0.2, -0.15) is 0 Å². The lowest BCUT2D eigenvalue weighted by atomic mass is 10.1. The van der Waals surface area contributed by atoms with E-state index in [-0.39, 0.29) is 11.1 Å². The predicted octanol–water partition coefficient (Wildman–Crippen LogP) is 4.04. The van der Waals surface area contributed by atoms with E-state index in [0.29, 0.717) is 0 Å². The summed E-state index contributed by atoms with van der Waals surface area (Å²) >= 11 is 0. The van der Waals surface area contributed by atoms with Crippen molar-refractivity contribution in [3.63, 3.8) is 0 Å². The molecule has 0 fully saturated rings. The van der Waals surface area contributed by atoms with Crippen molar-refractivity contribution in [2.75, 3.05) is 0 Å². The second kappa shape index (κ2) is 7.91. The van der Waals surface area contributed by atoms with Crippen LogP contribution in [-0.4, -0.2) is 10.2 Å². The third-order valence-corrected chi connectivity index (χ3v) is 2.73. The second-order valence-electron chi connectivity index (χ2n) is 4.76. The van der Waals surface area contributed by atoms with Gasteiger partial charge < -0.3 is 10.2 Å². The smallest absolute Gasteiger partial charge is 0.126 e. The summed E-state index contributed by atoms with van der Waals surface area (Å²) in [6.45, 7) is 2.91. The van der Waals surface area contributed by atoms with Gasteiger partial charge in [-0.25, -0.2) is 17.6 Å². The Balaban J connectivity index is 0.000000220. The van der Waals surface area contributed by atoms with Crippen LogP contribution in [0.4, 0.5) is 17.6 Å². The van der Waals surface area contributed by atoms with Crippen molar-refractivity contribution in [3.05, 3.63) is 70.8 Å². The molecule has 0 radical (unpaired) electrons. The van der Waals surface area contributed by atoms with Crippen molar-refractivity contribution in [2.24, 2.45) is 0 Å². The molecule has 0 amide bonds. The summed E-state index contributed by atoms with van der Waals surface area (Å²) in [4.78, 5) is 0. The predicted molar refractivity (Wildman–Crippen MR) is 74.0 cm³/mol. The van der Waals surface area contributed by atoms with Crippen LogP contribution < -0.4 is 0 Å². The first-order valence-electron chi connectivity index (χ1n) is 6.47. The molecule has 0 aromatic heterocycles. The summed E-state index contributed by atoms with van der Waals surface area (Å²) in [5.41, 5.74) is 0.505. The van der Waals surface area contributed by atoms with Crippen LogP contribution in [0.2, 0.25) is 0 Å². The third kappa shape index (κ3) is 5.83. The highest BCUT2D eigenvalue weighted by Gasteiger charge is 2.05. The summed E-state index contributed by atoms with van der Waals surface area (Å²) in [5, 5.41) is 17.9. The van der Waals surface area contributed by atoms with Gasteiger partial charge in [0.2, 0.25) is 0 Å². The van der Waals surface area contributed by atoms with E-state index in [2.05, 4.69) is 0 Å². The molecule has 2 atom stereocenters. The van der Waals surface area contributed by atoms with Crippen molar-refractivity contribution in [1.82, 2.24) is 0 Å². The molecule has 2 aromatic carbocycles. The Labute approximate surface area is 125 Å². The van der Waals surface area contributed by atoms with Crippen LogP contribution in [0.1, 0.15) is 37.2 Å². The maximum atomic E-state index is 12.4. The Morgan fingerprint density at radius 1 is 0.591 bits per heavy atom. The number of halogens is 4. The summed E-state index contributed by atoms with van der Waals surface area (Å²) < 4.78 is 49.7. The molecule has 2 rings (SSSR count). The van der Waals surface area contributed by atoms with E-state index in [1.807, 2.05) is 0 Å². The normalized spacial score (nSPS) is 13.1. The number of aliphatic hydroxyl groups is 2. The van der Waals surface area contributed by atoms with Crippen LogP contribution in [-0.2, 0) is 0 Å². The van der Waals surface area contributed by atoms with Crippen LogP contribution in [0.25, 0.3) is 0 Å². The second-order valence-corrected chi connectivity index (χ2v) is 4.76. The Hall–Kier alpha value is -1.92. The average molecular weight is 316 g/mol. The van der Waals surface area contributed by atoms with Crippen molar-refractivity contribution in [3.8, 4) is 0 Å². The molecule has 0 spiro atoms. The van der Waals surface area contributed by atoms with Gasteiger partial charge >= 0.3 is 0 Å². The number of rotatable bonds is 2. The topological polar surface area (TPSA) is 40.5 Å². The van der Waals surface area contributed by atoms with E-state index in [4.69, 9.17) is 10.2 Å².